The molecule has 2 aliphatic carbocycles. The Morgan fingerprint density at radius 3 is 2.81 bits per heavy atom. The van der Waals surface area contributed by atoms with Gasteiger partial charge in [0.2, 0.25) is 5.91 Å². The maximum atomic E-state index is 12.5. The number of carbonyl (C=O) groups is 1. The van der Waals surface area contributed by atoms with Crippen molar-refractivity contribution in [3.05, 3.63) is 10.6 Å². The van der Waals surface area contributed by atoms with Crippen LogP contribution >= 0.6 is 23.7 Å². The lowest BCUT2D eigenvalue weighted by atomic mass is 9.74. The molecule has 21 heavy (non-hydrogen) atoms. The summed E-state index contributed by atoms with van der Waals surface area (Å²) in [5.41, 5.74) is 7.11. The highest BCUT2D eigenvalue weighted by Crippen LogP contribution is 2.34. The number of anilines is 1. The molecular weight excluding hydrogens is 306 g/mol. The molecule has 1 heterocycles. The molecule has 1 aromatic rings. The number of nitrogens with two attached hydrogens (primary N) is 1. The number of fused-ring (bicyclic) bond motifs is 1. The van der Waals surface area contributed by atoms with Crippen LogP contribution in [0.25, 0.3) is 0 Å². The summed E-state index contributed by atoms with van der Waals surface area (Å²) >= 11 is 1.64. The fourth-order valence-electron chi connectivity index (χ4n) is 3.39. The van der Waals surface area contributed by atoms with E-state index in [1.54, 1.807) is 11.3 Å². The van der Waals surface area contributed by atoms with Crippen molar-refractivity contribution in [1.82, 2.24) is 4.98 Å². The van der Waals surface area contributed by atoms with Gasteiger partial charge in [0.1, 0.15) is 0 Å². The Hall–Kier alpha value is -0.650. The molecule has 1 aromatic heterocycles. The highest BCUT2D eigenvalue weighted by molar-refractivity contribution is 7.15. The Morgan fingerprint density at radius 1 is 1.33 bits per heavy atom. The predicted octanol–water partition coefficient (Wildman–Crippen LogP) is 3.29. The highest BCUT2D eigenvalue weighted by atomic mass is 35.5. The SMILES string of the molecule is CC1(N)CCCCC1C(=O)Nc1nc2c(s1)CCCC2.Cl. The Morgan fingerprint density at radius 2 is 2.10 bits per heavy atom. The Balaban J connectivity index is 0.00000161. The number of aryl methyl sites for hydroxylation is 2. The largest absolute Gasteiger partial charge is 0.325 e. The first kappa shape index (κ1) is 16.7. The monoisotopic (exact) mass is 329 g/mol. The molecule has 6 heteroatoms. The molecule has 2 atom stereocenters. The number of rotatable bonds is 2. The van der Waals surface area contributed by atoms with Crippen LogP contribution in [0.5, 0.6) is 0 Å². The van der Waals surface area contributed by atoms with Crippen LogP contribution in [-0.4, -0.2) is 16.4 Å². The van der Waals surface area contributed by atoms with Gasteiger partial charge in [0.15, 0.2) is 5.13 Å². The van der Waals surface area contributed by atoms with Gasteiger partial charge < -0.3 is 11.1 Å². The van der Waals surface area contributed by atoms with Crippen molar-refractivity contribution in [1.29, 1.82) is 0 Å². The first-order valence-corrected chi connectivity index (χ1v) is 8.46. The van der Waals surface area contributed by atoms with E-state index in [1.165, 1.54) is 23.4 Å². The molecule has 1 fully saturated rings. The Labute approximate surface area is 136 Å². The topological polar surface area (TPSA) is 68.0 Å². The number of aromatic nitrogens is 1. The molecule has 1 amide bonds. The molecule has 118 valence electrons. The zero-order valence-corrected chi connectivity index (χ0v) is 14.1. The zero-order chi connectivity index (χ0) is 14.2. The Bertz CT molecular complexity index is 492. The van der Waals surface area contributed by atoms with Gasteiger partial charge in [0.05, 0.1) is 11.6 Å². The maximum Gasteiger partial charge on any atom is 0.231 e. The quantitative estimate of drug-likeness (QED) is 0.874. The minimum Gasteiger partial charge on any atom is -0.325 e. The minimum absolute atomic E-state index is 0. The molecule has 0 radical (unpaired) electrons. The van der Waals surface area contributed by atoms with Gasteiger partial charge in [0, 0.05) is 10.4 Å². The Kier molecular flexibility index (Phi) is 5.28. The number of halogens is 1. The van der Waals surface area contributed by atoms with E-state index in [9.17, 15) is 4.79 Å². The summed E-state index contributed by atoms with van der Waals surface area (Å²) in [6, 6.07) is 0. The van der Waals surface area contributed by atoms with Crippen molar-refractivity contribution in [2.24, 2.45) is 11.7 Å². The normalized spacial score (nSPS) is 28.4. The second kappa shape index (κ2) is 6.63. The van der Waals surface area contributed by atoms with E-state index >= 15 is 0 Å². The number of thiazole rings is 1. The summed E-state index contributed by atoms with van der Waals surface area (Å²) in [6.45, 7) is 2.00. The third kappa shape index (κ3) is 3.58. The average Bonchev–Trinajstić information content (AvgIpc) is 2.80. The van der Waals surface area contributed by atoms with E-state index in [4.69, 9.17) is 5.73 Å². The lowest BCUT2D eigenvalue weighted by Gasteiger charge is -2.36. The summed E-state index contributed by atoms with van der Waals surface area (Å²) < 4.78 is 0. The van der Waals surface area contributed by atoms with Crippen LogP contribution in [0.2, 0.25) is 0 Å². The number of hydrogen-bond donors (Lipinski definition) is 2. The molecule has 3 N–H and O–H groups in total. The highest BCUT2D eigenvalue weighted by Gasteiger charge is 2.38. The van der Waals surface area contributed by atoms with Gasteiger partial charge in [-0.3, -0.25) is 4.79 Å². The van der Waals surface area contributed by atoms with Crippen LogP contribution < -0.4 is 11.1 Å². The second-order valence-electron chi connectivity index (χ2n) is 6.39. The van der Waals surface area contributed by atoms with E-state index in [-0.39, 0.29) is 29.8 Å². The summed E-state index contributed by atoms with van der Waals surface area (Å²) in [6.07, 6.45) is 8.67. The summed E-state index contributed by atoms with van der Waals surface area (Å²) in [5.74, 6) is -0.0297. The molecule has 0 saturated heterocycles. The first-order chi connectivity index (χ1) is 9.56. The summed E-state index contributed by atoms with van der Waals surface area (Å²) in [5, 5.41) is 3.78. The molecule has 3 rings (SSSR count). The van der Waals surface area contributed by atoms with Gasteiger partial charge in [-0.25, -0.2) is 4.98 Å². The van der Waals surface area contributed by atoms with Crippen LogP contribution in [0.1, 0.15) is 56.0 Å². The molecule has 2 aliphatic rings. The maximum absolute atomic E-state index is 12.5. The van der Waals surface area contributed by atoms with Crippen LogP contribution in [-0.2, 0) is 17.6 Å². The van der Waals surface area contributed by atoms with Crippen molar-refractivity contribution in [3.8, 4) is 0 Å². The van der Waals surface area contributed by atoms with Crippen molar-refractivity contribution in [2.75, 3.05) is 5.32 Å². The second-order valence-corrected chi connectivity index (χ2v) is 7.47. The van der Waals surface area contributed by atoms with Crippen LogP contribution in [0, 0.1) is 5.92 Å². The molecule has 2 unspecified atom stereocenters. The molecule has 1 saturated carbocycles. The number of hydrogen-bond acceptors (Lipinski definition) is 4. The van der Waals surface area contributed by atoms with Gasteiger partial charge >= 0.3 is 0 Å². The third-order valence-electron chi connectivity index (χ3n) is 4.65. The smallest absolute Gasteiger partial charge is 0.231 e. The van der Waals surface area contributed by atoms with Gasteiger partial charge in [0.25, 0.3) is 0 Å². The molecule has 0 aromatic carbocycles. The number of amides is 1. The molecular formula is C15H24ClN3OS. The van der Waals surface area contributed by atoms with E-state index < -0.39 is 0 Å². The first-order valence-electron chi connectivity index (χ1n) is 7.64. The molecule has 0 aliphatic heterocycles. The lowest BCUT2D eigenvalue weighted by Crippen LogP contribution is -2.51. The lowest BCUT2D eigenvalue weighted by molar-refractivity contribution is -0.122. The van der Waals surface area contributed by atoms with E-state index in [1.807, 2.05) is 6.92 Å². The fourth-order valence-corrected chi connectivity index (χ4v) is 4.44. The molecule has 0 bridgehead atoms. The standard InChI is InChI=1S/C15H23N3OS.ClH/c1-15(16)9-5-4-6-10(15)13(19)18-14-17-11-7-2-3-8-12(11)20-14;/h10H,2-9,16H2,1H3,(H,17,18,19);1H. The third-order valence-corrected chi connectivity index (χ3v) is 5.72. The van der Waals surface area contributed by atoms with E-state index in [2.05, 4.69) is 10.3 Å². The number of carbonyl (C=O) groups excluding carboxylic acids is 1. The van der Waals surface area contributed by atoms with Crippen LogP contribution in [0.3, 0.4) is 0 Å². The number of nitrogens with zero attached hydrogens (tertiary/aromatic N) is 1. The van der Waals surface area contributed by atoms with E-state index in [0.717, 1.165) is 43.7 Å². The van der Waals surface area contributed by atoms with Crippen molar-refractivity contribution in [2.45, 2.75) is 63.8 Å². The minimum atomic E-state index is -0.376. The molecule has 4 nitrogen and oxygen atoms in total. The van der Waals surface area contributed by atoms with Gasteiger partial charge in [-0.2, -0.15) is 0 Å². The van der Waals surface area contributed by atoms with Crippen molar-refractivity contribution in [3.63, 3.8) is 0 Å². The van der Waals surface area contributed by atoms with Gasteiger partial charge in [-0.1, -0.05) is 12.8 Å². The van der Waals surface area contributed by atoms with Crippen molar-refractivity contribution >= 4 is 34.8 Å². The van der Waals surface area contributed by atoms with Crippen LogP contribution in [0.15, 0.2) is 0 Å². The summed E-state index contributed by atoms with van der Waals surface area (Å²) in [7, 11) is 0. The average molecular weight is 330 g/mol. The van der Waals surface area contributed by atoms with Gasteiger partial charge in [-0.15, -0.1) is 23.7 Å². The zero-order valence-electron chi connectivity index (χ0n) is 12.5. The van der Waals surface area contributed by atoms with E-state index in [0.29, 0.717) is 0 Å². The van der Waals surface area contributed by atoms with Gasteiger partial charge in [-0.05, 0) is 45.4 Å². The predicted molar refractivity (Wildman–Crippen MR) is 89.2 cm³/mol. The van der Waals surface area contributed by atoms with Crippen molar-refractivity contribution < 1.29 is 4.79 Å². The van der Waals surface area contributed by atoms with Crippen LogP contribution in [0.4, 0.5) is 5.13 Å². The fraction of sp³-hybridized carbons (Fsp3) is 0.733. The summed E-state index contributed by atoms with van der Waals surface area (Å²) in [4.78, 5) is 18.4. The number of nitrogens with one attached hydrogen (secondary N) is 1. The molecule has 0 spiro atoms.